The van der Waals surface area contributed by atoms with Crippen LogP contribution in [0.15, 0.2) is 36.4 Å². The predicted molar refractivity (Wildman–Crippen MR) is 112 cm³/mol. The molecule has 0 atom stereocenters. The average Bonchev–Trinajstić information content (AvgIpc) is 3.12. The summed E-state index contributed by atoms with van der Waals surface area (Å²) >= 11 is 0. The molecule has 0 saturated carbocycles. The largest absolute Gasteiger partial charge is 0.289 e. The van der Waals surface area contributed by atoms with Crippen LogP contribution >= 0.6 is 0 Å². The fourth-order valence-electron chi connectivity index (χ4n) is 4.00. The number of fused-ring (bicyclic) bond motifs is 2. The van der Waals surface area contributed by atoms with Crippen molar-refractivity contribution >= 4 is 29.4 Å². The first kappa shape index (κ1) is 20.7. The molecule has 2 aliphatic heterocycles. The van der Waals surface area contributed by atoms with Crippen molar-refractivity contribution in [1.82, 2.24) is 9.80 Å². The van der Waals surface area contributed by atoms with Gasteiger partial charge in [0.05, 0.1) is 22.3 Å². The standard InChI is InChI=1S/C24H22N2O5/c1-12(2)11-25-21(28)16-7-5-14(9-18(16)22(25)29)20(27)15-6-8-17-19(10-15)24(31)26(13(3)4)23(17)30/h5-10,12-13H,11H2,1-4H3. The van der Waals surface area contributed by atoms with Crippen LogP contribution in [0.1, 0.15) is 85.0 Å². The molecule has 0 aromatic heterocycles. The lowest BCUT2D eigenvalue weighted by atomic mass is 9.96. The van der Waals surface area contributed by atoms with E-state index in [9.17, 15) is 24.0 Å². The summed E-state index contributed by atoms with van der Waals surface area (Å²) in [6, 6.07) is 8.54. The Morgan fingerprint density at radius 2 is 1.16 bits per heavy atom. The van der Waals surface area contributed by atoms with E-state index < -0.39 is 17.6 Å². The number of amides is 4. The van der Waals surface area contributed by atoms with Gasteiger partial charge in [-0.1, -0.05) is 26.0 Å². The summed E-state index contributed by atoms with van der Waals surface area (Å²) in [6.45, 7) is 7.64. The van der Waals surface area contributed by atoms with Gasteiger partial charge in [-0.3, -0.25) is 33.8 Å². The molecule has 0 bridgehead atoms. The fraction of sp³-hybridized carbons (Fsp3) is 0.292. The van der Waals surface area contributed by atoms with Crippen LogP contribution in [0.4, 0.5) is 0 Å². The lowest BCUT2D eigenvalue weighted by Crippen LogP contribution is -2.35. The van der Waals surface area contributed by atoms with Gasteiger partial charge in [0, 0.05) is 23.7 Å². The fourth-order valence-corrected chi connectivity index (χ4v) is 4.00. The predicted octanol–water partition coefficient (Wildman–Crippen LogP) is 3.17. The second-order valence-corrected chi connectivity index (χ2v) is 8.54. The third-order valence-corrected chi connectivity index (χ3v) is 5.48. The number of carbonyl (C=O) groups is 5. The summed E-state index contributed by atoms with van der Waals surface area (Å²) in [5, 5.41) is 0. The number of nitrogens with zero attached hydrogens (tertiary/aromatic N) is 2. The lowest BCUT2D eigenvalue weighted by molar-refractivity contribution is 0.0602. The van der Waals surface area contributed by atoms with E-state index in [2.05, 4.69) is 0 Å². The molecule has 31 heavy (non-hydrogen) atoms. The summed E-state index contributed by atoms with van der Waals surface area (Å²) in [6.07, 6.45) is 0. The molecule has 7 heteroatoms. The van der Waals surface area contributed by atoms with E-state index in [0.29, 0.717) is 6.54 Å². The first-order valence-electron chi connectivity index (χ1n) is 10.2. The second-order valence-electron chi connectivity index (χ2n) is 8.54. The summed E-state index contributed by atoms with van der Waals surface area (Å²) in [5.74, 6) is -1.84. The van der Waals surface area contributed by atoms with Crippen LogP contribution in [-0.2, 0) is 0 Å². The third kappa shape index (κ3) is 3.17. The zero-order valence-corrected chi connectivity index (χ0v) is 17.8. The van der Waals surface area contributed by atoms with Gasteiger partial charge in [0.2, 0.25) is 0 Å². The molecule has 0 saturated heterocycles. The Kier molecular flexibility index (Phi) is 4.84. The van der Waals surface area contributed by atoms with Crippen molar-refractivity contribution in [2.24, 2.45) is 5.92 Å². The average molecular weight is 418 g/mol. The molecule has 158 valence electrons. The van der Waals surface area contributed by atoms with Crippen molar-refractivity contribution in [1.29, 1.82) is 0 Å². The highest BCUT2D eigenvalue weighted by molar-refractivity contribution is 6.24. The lowest BCUT2D eigenvalue weighted by Gasteiger charge is -2.17. The van der Waals surface area contributed by atoms with Gasteiger partial charge in [-0.25, -0.2) is 0 Å². The first-order chi connectivity index (χ1) is 14.6. The highest BCUT2D eigenvalue weighted by Gasteiger charge is 2.38. The molecule has 2 aromatic rings. The van der Waals surface area contributed by atoms with Crippen molar-refractivity contribution in [2.75, 3.05) is 6.54 Å². The van der Waals surface area contributed by atoms with Crippen LogP contribution in [0.3, 0.4) is 0 Å². The van der Waals surface area contributed by atoms with Gasteiger partial charge in [0.1, 0.15) is 0 Å². The maximum absolute atomic E-state index is 13.1. The molecule has 2 aromatic carbocycles. The number of carbonyl (C=O) groups excluding carboxylic acids is 5. The molecule has 0 fully saturated rings. The Labute approximate surface area is 179 Å². The van der Waals surface area contributed by atoms with E-state index in [4.69, 9.17) is 0 Å². The number of hydrogen-bond donors (Lipinski definition) is 0. The Balaban J connectivity index is 1.67. The van der Waals surface area contributed by atoms with Gasteiger partial charge in [0.15, 0.2) is 5.78 Å². The van der Waals surface area contributed by atoms with E-state index in [1.54, 1.807) is 13.8 Å². The Morgan fingerprint density at radius 3 is 1.68 bits per heavy atom. The minimum absolute atomic E-state index is 0.125. The third-order valence-electron chi connectivity index (χ3n) is 5.48. The number of hydrogen-bond acceptors (Lipinski definition) is 5. The Bertz CT molecular complexity index is 1180. The Morgan fingerprint density at radius 1 is 0.710 bits per heavy atom. The quantitative estimate of drug-likeness (QED) is 0.549. The second kappa shape index (κ2) is 7.27. The SMILES string of the molecule is CC(C)CN1C(=O)c2ccc(C(=O)c3ccc4c(c3)C(=O)N(C(C)C)C4=O)cc2C1=O. The topological polar surface area (TPSA) is 91.8 Å². The normalized spacial score (nSPS) is 15.4. The molecule has 7 nitrogen and oxygen atoms in total. The molecule has 0 unspecified atom stereocenters. The summed E-state index contributed by atoms with van der Waals surface area (Å²) in [7, 11) is 0. The van der Waals surface area contributed by atoms with Crippen molar-refractivity contribution in [3.8, 4) is 0 Å². The van der Waals surface area contributed by atoms with Gasteiger partial charge < -0.3 is 0 Å². The van der Waals surface area contributed by atoms with Gasteiger partial charge in [0.25, 0.3) is 23.6 Å². The molecule has 4 amide bonds. The monoisotopic (exact) mass is 418 g/mol. The van der Waals surface area contributed by atoms with E-state index in [1.165, 1.54) is 46.2 Å². The smallest absolute Gasteiger partial charge is 0.261 e. The van der Waals surface area contributed by atoms with Gasteiger partial charge in [-0.15, -0.1) is 0 Å². The van der Waals surface area contributed by atoms with E-state index in [1.807, 2.05) is 13.8 Å². The minimum Gasteiger partial charge on any atom is -0.289 e. The van der Waals surface area contributed by atoms with Crippen LogP contribution < -0.4 is 0 Å². The molecule has 0 N–H and O–H groups in total. The van der Waals surface area contributed by atoms with Crippen LogP contribution in [0, 0.1) is 5.92 Å². The van der Waals surface area contributed by atoms with E-state index in [-0.39, 0.29) is 57.2 Å². The van der Waals surface area contributed by atoms with Crippen molar-refractivity contribution in [2.45, 2.75) is 33.7 Å². The molecular formula is C24H22N2O5. The highest BCUT2D eigenvalue weighted by atomic mass is 16.2. The van der Waals surface area contributed by atoms with Crippen LogP contribution in [0.5, 0.6) is 0 Å². The molecular weight excluding hydrogens is 396 g/mol. The maximum Gasteiger partial charge on any atom is 0.261 e. The van der Waals surface area contributed by atoms with Crippen LogP contribution in [0.25, 0.3) is 0 Å². The van der Waals surface area contributed by atoms with Gasteiger partial charge in [-0.05, 0) is 44.0 Å². The molecule has 2 aliphatic rings. The van der Waals surface area contributed by atoms with Crippen molar-refractivity contribution in [3.05, 3.63) is 69.8 Å². The number of rotatable bonds is 5. The van der Waals surface area contributed by atoms with Crippen LogP contribution in [0.2, 0.25) is 0 Å². The first-order valence-corrected chi connectivity index (χ1v) is 10.2. The molecule has 0 spiro atoms. The van der Waals surface area contributed by atoms with Gasteiger partial charge >= 0.3 is 0 Å². The van der Waals surface area contributed by atoms with Crippen molar-refractivity contribution < 1.29 is 24.0 Å². The zero-order chi connectivity index (χ0) is 22.6. The van der Waals surface area contributed by atoms with Crippen molar-refractivity contribution in [3.63, 3.8) is 0 Å². The van der Waals surface area contributed by atoms with Gasteiger partial charge in [-0.2, -0.15) is 0 Å². The molecule has 4 rings (SSSR count). The molecule has 2 heterocycles. The number of ketones is 1. The van der Waals surface area contributed by atoms with E-state index >= 15 is 0 Å². The summed E-state index contributed by atoms with van der Waals surface area (Å²) in [5.41, 5.74) is 1.43. The number of benzene rings is 2. The maximum atomic E-state index is 13.1. The zero-order valence-electron chi connectivity index (χ0n) is 17.8. The summed E-state index contributed by atoms with van der Waals surface area (Å²) in [4.78, 5) is 65.7. The Hall–Kier alpha value is -3.61. The number of imide groups is 2. The van der Waals surface area contributed by atoms with E-state index in [0.717, 1.165) is 0 Å². The summed E-state index contributed by atoms with van der Waals surface area (Å²) < 4.78 is 0. The van der Waals surface area contributed by atoms with Crippen LogP contribution in [-0.4, -0.2) is 51.8 Å². The molecule has 0 radical (unpaired) electrons. The minimum atomic E-state index is -0.427. The highest BCUT2D eigenvalue weighted by Crippen LogP contribution is 2.28. The molecule has 0 aliphatic carbocycles.